The molecular formula is C14H23N5O2. The van der Waals surface area contributed by atoms with Crippen LogP contribution in [0.1, 0.15) is 29.8 Å². The molecule has 2 fully saturated rings. The molecule has 3 rings (SSSR count). The minimum absolute atomic E-state index is 0.130. The van der Waals surface area contributed by atoms with Crippen LogP contribution in [-0.4, -0.2) is 64.7 Å². The molecule has 21 heavy (non-hydrogen) atoms. The average molecular weight is 293 g/mol. The lowest BCUT2D eigenvalue weighted by atomic mass is 9.95. The average Bonchev–Trinajstić information content (AvgIpc) is 3.16. The van der Waals surface area contributed by atoms with Crippen molar-refractivity contribution >= 4 is 5.91 Å². The summed E-state index contributed by atoms with van der Waals surface area (Å²) in [5.74, 6) is 0.430. The summed E-state index contributed by atoms with van der Waals surface area (Å²) in [5.41, 5.74) is 0.387. The van der Waals surface area contributed by atoms with Crippen molar-refractivity contribution in [3.05, 3.63) is 11.9 Å². The molecule has 0 aliphatic carbocycles. The van der Waals surface area contributed by atoms with Crippen LogP contribution in [0, 0.1) is 5.92 Å². The number of piperidine rings is 1. The molecule has 0 bridgehead atoms. The third-order valence-electron chi connectivity index (χ3n) is 4.46. The largest absolute Gasteiger partial charge is 0.380 e. The van der Waals surface area contributed by atoms with Gasteiger partial charge in [0.1, 0.15) is 0 Å². The number of carbonyl (C=O) groups is 1. The Balaban J connectivity index is 1.40. The van der Waals surface area contributed by atoms with Gasteiger partial charge in [0.05, 0.1) is 12.8 Å². The molecule has 7 heteroatoms. The number of ether oxygens (including phenoxy) is 1. The van der Waals surface area contributed by atoms with E-state index in [2.05, 4.69) is 20.5 Å². The van der Waals surface area contributed by atoms with Gasteiger partial charge in [0, 0.05) is 26.2 Å². The van der Waals surface area contributed by atoms with E-state index in [-0.39, 0.29) is 5.91 Å². The lowest BCUT2D eigenvalue weighted by Gasteiger charge is -2.35. The Morgan fingerprint density at radius 2 is 2.24 bits per heavy atom. The molecule has 1 aromatic rings. The Bertz CT molecular complexity index is 475. The van der Waals surface area contributed by atoms with Crippen molar-refractivity contribution < 1.29 is 9.53 Å². The van der Waals surface area contributed by atoms with Crippen LogP contribution in [0.5, 0.6) is 0 Å². The summed E-state index contributed by atoms with van der Waals surface area (Å²) < 4.78 is 6.99. The van der Waals surface area contributed by atoms with Gasteiger partial charge in [-0.25, -0.2) is 0 Å². The fraction of sp³-hybridized carbons (Fsp3) is 0.786. The first-order valence-electron chi connectivity index (χ1n) is 7.68. The van der Waals surface area contributed by atoms with Crippen LogP contribution in [0.4, 0.5) is 0 Å². The molecule has 1 atom stereocenters. The SMILES string of the molecule is Cn1cc(C(=O)NCC2CCN(C3CCOC3)CC2)nn1. The number of hydrogen-bond acceptors (Lipinski definition) is 5. The molecule has 3 heterocycles. The normalized spacial score (nSPS) is 24.3. The van der Waals surface area contributed by atoms with Crippen LogP contribution in [-0.2, 0) is 11.8 Å². The molecule has 116 valence electrons. The first-order valence-corrected chi connectivity index (χ1v) is 7.68. The number of nitrogens with one attached hydrogen (secondary N) is 1. The second-order valence-corrected chi connectivity index (χ2v) is 5.98. The van der Waals surface area contributed by atoms with Crippen molar-refractivity contribution in [2.45, 2.75) is 25.3 Å². The van der Waals surface area contributed by atoms with Gasteiger partial charge in [-0.3, -0.25) is 14.4 Å². The maximum Gasteiger partial charge on any atom is 0.273 e. The highest BCUT2D eigenvalue weighted by atomic mass is 16.5. The molecule has 0 spiro atoms. The van der Waals surface area contributed by atoms with Crippen LogP contribution in [0.3, 0.4) is 0 Å². The second-order valence-electron chi connectivity index (χ2n) is 5.98. The number of rotatable bonds is 4. The number of carbonyl (C=O) groups excluding carboxylic acids is 1. The smallest absolute Gasteiger partial charge is 0.273 e. The van der Waals surface area contributed by atoms with E-state index in [9.17, 15) is 4.79 Å². The number of nitrogens with zero attached hydrogens (tertiary/aromatic N) is 4. The van der Waals surface area contributed by atoms with Gasteiger partial charge in [0.2, 0.25) is 0 Å². The van der Waals surface area contributed by atoms with Gasteiger partial charge in [-0.05, 0) is 38.3 Å². The number of hydrogen-bond donors (Lipinski definition) is 1. The van der Waals surface area contributed by atoms with Gasteiger partial charge in [-0.1, -0.05) is 5.21 Å². The van der Waals surface area contributed by atoms with E-state index in [0.29, 0.717) is 17.7 Å². The van der Waals surface area contributed by atoms with Crippen LogP contribution < -0.4 is 5.32 Å². The fourth-order valence-electron chi connectivity index (χ4n) is 3.11. The molecule has 1 aromatic heterocycles. The van der Waals surface area contributed by atoms with Crippen molar-refractivity contribution in [3.63, 3.8) is 0 Å². The minimum atomic E-state index is -0.130. The van der Waals surface area contributed by atoms with E-state index < -0.39 is 0 Å². The highest BCUT2D eigenvalue weighted by Crippen LogP contribution is 2.21. The molecule has 0 radical (unpaired) electrons. The quantitative estimate of drug-likeness (QED) is 0.849. The van der Waals surface area contributed by atoms with E-state index >= 15 is 0 Å². The van der Waals surface area contributed by atoms with Gasteiger partial charge in [0.25, 0.3) is 5.91 Å². The summed E-state index contributed by atoms with van der Waals surface area (Å²) in [6.07, 6.45) is 5.07. The number of aryl methyl sites for hydroxylation is 1. The summed E-state index contributed by atoms with van der Waals surface area (Å²) >= 11 is 0. The molecule has 0 aromatic carbocycles. The van der Waals surface area contributed by atoms with Crippen molar-refractivity contribution in [2.24, 2.45) is 13.0 Å². The Hall–Kier alpha value is -1.47. The van der Waals surface area contributed by atoms with Crippen LogP contribution in [0.25, 0.3) is 0 Å². The van der Waals surface area contributed by atoms with Crippen LogP contribution in [0.15, 0.2) is 6.20 Å². The number of likely N-dealkylation sites (tertiary alicyclic amines) is 1. The Morgan fingerprint density at radius 3 is 2.86 bits per heavy atom. The van der Waals surface area contributed by atoms with E-state index in [1.54, 1.807) is 13.2 Å². The predicted molar refractivity (Wildman–Crippen MR) is 76.9 cm³/mol. The maximum absolute atomic E-state index is 11.9. The molecule has 2 aliphatic rings. The van der Waals surface area contributed by atoms with Gasteiger partial charge >= 0.3 is 0 Å². The third kappa shape index (κ3) is 3.59. The van der Waals surface area contributed by atoms with Gasteiger partial charge in [0.15, 0.2) is 5.69 Å². The van der Waals surface area contributed by atoms with Crippen molar-refractivity contribution in [1.82, 2.24) is 25.2 Å². The Morgan fingerprint density at radius 1 is 1.43 bits per heavy atom. The van der Waals surface area contributed by atoms with Crippen molar-refractivity contribution in [1.29, 1.82) is 0 Å². The lowest BCUT2D eigenvalue weighted by Crippen LogP contribution is -2.44. The van der Waals surface area contributed by atoms with Gasteiger partial charge < -0.3 is 10.1 Å². The highest BCUT2D eigenvalue weighted by Gasteiger charge is 2.27. The van der Waals surface area contributed by atoms with Crippen LogP contribution in [0.2, 0.25) is 0 Å². The zero-order chi connectivity index (χ0) is 14.7. The lowest BCUT2D eigenvalue weighted by molar-refractivity contribution is 0.0906. The maximum atomic E-state index is 11.9. The van der Waals surface area contributed by atoms with Crippen LogP contribution >= 0.6 is 0 Å². The van der Waals surface area contributed by atoms with Gasteiger partial charge in [-0.15, -0.1) is 5.10 Å². The molecule has 1 unspecified atom stereocenters. The zero-order valence-electron chi connectivity index (χ0n) is 12.5. The monoisotopic (exact) mass is 293 g/mol. The summed E-state index contributed by atoms with van der Waals surface area (Å²) in [6.45, 7) is 4.73. The summed E-state index contributed by atoms with van der Waals surface area (Å²) in [7, 11) is 1.76. The van der Waals surface area contributed by atoms with E-state index in [0.717, 1.165) is 52.1 Å². The predicted octanol–water partition coefficient (Wildman–Crippen LogP) is 0.0458. The summed E-state index contributed by atoms with van der Waals surface area (Å²) in [4.78, 5) is 14.5. The molecule has 1 N–H and O–H groups in total. The van der Waals surface area contributed by atoms with Gasteiger partial charge in [-0.2, -0.15) is 0 Å². The zero-order valence-corrected chi connectivity index (χ0v) is 12.5. The third-order valence-corrected chi connectivity index (χ3v) is 4.46. The molecule has 7 nitrogen and oxygen atoms in total. The van der Waals surface area contributed by atoms with E-state index in [1.807, 2.05) is 0 Å². The topological polar surface area (TPSA) is 72.3 Å². The first-order chi connectivity index (χ1) is 10.2. The second kappa shape index (κ2) is 6.53. The van der Waals surface area contributed by atoms with E-state index in [4.69, 9.17) is 4.74 Å². The molecule has 2 saturated heterocycles. The highest BCUT2D eigenvalue weighted by molar-refractivity contribution is 5.91. The standard InChI is InChI=1S/C14H23N5O2/c1-18-9-13(16-17-18)14(20)15-8-11-2-5-19(6-3-11)12-4-7-21-10-12/h9,11-12H,2-8,10H2,1H3,(H,15,20). The summed E-state index contributed by atoms with van der Waals surface area (Å²) in [6, 6.07) is 0.611. The van der Waals surface area contributed by atoms with E-state index in [1.165, 1.54) is 4.68 Å². The van der Waals surface area contributed by atoms with Crippen molar-refractivity contribution in [2.75, 3.05) is 32.8 Å². The Labute approximate surface area is 124 Å². The molecular weight excluding hydrogens is 270 g/mol. The molecule has 1 amide bonds. The minimum Gasteiger partial charge on any atom is -0.380 e. The first kappa shape index (κ1) is 14.5. The number of amides is 1. The molecule has 0 saturated carbocycles. The Kier molecular flexibility index (Phi) is 4.50. The van der Waals surface area contributed by atoms with Crippen molar-refractivity contribution in [3.8, 4) is 0 Å². The fourth-order valence-corrected chi connectivity index (χ4v) is 3.11. The molecule has 2 aliphatic heterocycles. The summed E-state index contributed by atoms with van der Waals surface area (Å²) in [5, 5.41) is 10.6. The number of aromatic nitrogens is 3.